The Bertz CT molecular complexity index is 450. The van der Waals surface area contributed by atoms with E-state index in [9.17, 15) is 9.59 Å². The van der Waals surface area contributed by atoms with Gasteiger partial charge in [-0.2, -0.15) is 5.10 Å². The van der Waals surface area contributed by atoms with Gasteiger partial charge in [0.05, 0.1) is 17.9 Å². The van der Waals surface area contributed by atoms with Crippen LogP contribution >= 0.6 is 0 Å². The molecular formula is C10H13N3O3. The van der Waals surface area contributed by atoms with Crippen molar-refractivity contribution in [2.45, 2.75) is 32.9 Å². The molecule has 1 aromatic heterocycles. The monoisotopic (exact) mass is 223 g/mol. The van der Waals surface area contributed by atoms with Crippen LogP contribution in [-0.2, 0) is 24.3 Å². The van der Waals surface area contributed by atoms with Crippen molar-refractivity contribution in [3.63, 3.8) is 0 Å². The maximum absolute atomic E-state index is 11.1. The molecule has 6 heteroatoms. The molecule has 2 heterocycles. The number of carbonyl (C=O) groups excluding carboxylic acids is 1. The van der Waals surface area contributed by atoms with Crippen LogP contribution in [0, 0.1) is 0 Å². The first-order chi connectivity index (χ1) is 7.59. The maximum atomic E-state index is 11.1. The molecule has 0 aliphatic carbocycles. The van der Waals surface area contributed by atoms with Crippen LogP contribution < -0.4 is 5.32 Å². The third kappa shape index (κ3) is 1.78. The van der Waals surface area contributed by atoms with Crippen molar-refractivity contribution in [2.24, 2.45) is 0 Å². The number of carboxylic acid groups (broad SMARTS) is 1. The normalized spacial score (nSPS) is 13.6. The van der Waals surface area contributed by atoms with Gasteiger partial charge in [0.15, 0.2) is 0 Å². The summed E-state index contributed by atoms with van der Waals surface area (Å²) in [5.74, 6) is -1.16. The van der Waals surface area contributed by atoms with Crippen molar-refractivity contribution >= 4 is 11.9 Å². The zero-order chi connectivity index (χ0) is 11.7. The van der Waals surface area contributed by atoms with Gasteiger partial charge in [0.25, 0.3) is 0 Å². The highest BCUT2D eigenvalue weighted by Gasteiger charge is 2.25. The number of aromatic carboxylic acids is 1. The second-order valence-corrected chi connectivity index (χ2v) is 3.81. The van der Waals surface area contributed by atoms with Crippen molar-refractivity contribution in [1.82, 2.24) is 15.1 Å². The van der Waals surface area contributed by atoms with E-state index in [1.807, 2.05) is 0 Å². The third-order valence-corrected chi connectivity index (χ3v) is 2.63. The average molecular weight is 223 g/mol. The lowest BCUT2D eigenvalue weighted by molar-refractivity contribution is -0.119. The first-order valence-electron chi connectivity index (χ1n) is 5.16. The number of hydrogen-bond acceptors (Lipinski definition) is 3. The Morgan fingerprint density at radius 3 is 2.94 bits per heavy atom. The molecule has 0 atom stereocenters. The Hall–Kier alpha value is -1.85. The van der Waals surface area contributed by atoms with E-state index in [1.165, 1.54) is 6.92 Å². The number of aryl methyl sites for hydroxylation is 1. The van der Waals surface area contributed by atoms with Crippen LogP contribution in [0.2, 0.25) is 0 Å². The molecule has 0 saturated carbocycles. The molecule has 16 heavy (non-hydrogen) atoms. The molecule has 2 N–H and O–H groups in total. The summed E-state index contributed by atoms with van der Waals surface area (Å²) in [6.45, 7) is 2.33. The Morgan fingerprint density at radius 2 is 2.31 bits per heavy atom. The van der Waals surface area contributed by atoms with E-state index in [0.717, 1.165) is 25.1 Å². The lowest BCUT2D eigenvalue weighted by atomic mass is 10.1. The summed E-state index contributed by atoms with van der Waals surface area (Å²) in [7, 11) is 0. The molecule has 0 unspecified atom stereocenters. The second-order valence-electron chi connectivity index (χ2n) is 3.81. The second kappa shape index (κ2) is 3.96. The van der Waals surface area contributed by atoms with E-state index in [2.05, 4.69) is 10.4 Å². The summed E-state index contributed by atoms with van der Waals surface area (Å²) < 4.78 is 1.72. The number of aromatic nitrogens is 2. The lowest BCUT2D eigenvalue weighted by Crippen LogP contribution is -2.21. The summed E-state index contributed by atoms with van der Waals surface area (Å²) in [4.78, 5) is 21.9. The van der Waals surface area contributed by atoms with Gasteiger partial charge in [-0.1, -0.05) is 0 Å². The van der Waals surface area contributed by atoms with Crippen molar-refractivity contribution in [1.29, 1.82) is 0 Å². The zero-order valence-electron chi connectivity index (χ0n) is 8.99. The fourth-order valence-corrected chi connectivity index (χ4v) is 1.97. The van der Waals surface area contributed by atoms with Crippen LogP contribution in [0.25, 0.3) is 0 Å². The molecule has 6 nitrogen and oxygen atoms in total. The average Bonchev–Trinajstić information content (AvgIpc) is 2.71. The van der Waals surface area contributed by atoms with Gasteiger partial charge < -0.3 is 10.4 Å². The van der Waals surface area contributed by atoms with E-state index in [-0.39, 0.29) is 18.0 Å². The zero-order valence-corrected chi connectivity index (χ0v) is 8.99. The highest BCUT2D eigenvalue weighted by molar-refractivity contribution is 5.90. The van der Waals surface area contributed by atoms with E-state index < -0.39 is 5.97 Å². The van der Waals surface area contributed by atoms with Crippen molar-refractivity contribution in [3.8, 4) is 0 Å². The highest BCUT2D eigenvalue weighted by atomic mass is 16.4. The number of carbonyl (C=O) groups is 2. The minimum atomic E-state index is -0.969. The van der Waals surface area contributed by atoms with Crippen LogP contribution in [0.3, 0.4) is 0 Å². The minimum absolute atomic E-state index is 0.178. The van der Waals surface area contributed by atoms with Crippen LogP contribution in [0.5, 0.6) is 0 Å². The van der Waals surface area contributed by atoms with E-state index in [0.29, 0.717) is 5.69 Å². The van der Waals surface area contributed by atoms with Crippen LogP contribution in [0.1, 0.15) is 35.1 Å². The number of nitrogens with zero attached hydrogens (tertiary/aromatic N) is 2. The molecule has 0 bridgehead atoms. The van der Waals surface area contributed by atoms with Gasteiger partial charge in [-0.15, -0.1) is 0 Å². The largest absolute Gasteiger partial charge is 0.478 e. The number of hydrogen-bond donors (Lipinski definition) is 2. The van der Waals surface area contributed by atoms with Gasteiger partial charge in [0.1, 0.15) is 5.56 Å². The number of fused-ring (bicyclic) bond motifs is 1. The molecule has 1 aromatic rings. The minimum Gasteiger partial charge on any atom is -0.478 e. The quantitative estimate of drug-likeness (QED) is 0.764. The Kier molecular flexibility index (Phi) is 2.64. The Labute approximate surface area is 92.3 Å². The van der Waals surface area contributed by atoms with Gasteiger partial charge in [0.2, 0.25) is 5.91 Å². The van der Waals surface area contributed by atoms with Gasteiger partial charge in [0, 0.05) is 13.5 Å². The smallest absolute Gasteiger partial charge is 0.339 e. The predicted octanol–water partition coefficient (Wildman–Crippen LogP) is 0.164. The number of rotatable bonds is 3. The SMILES string of the molecule is CC(=O)NCc1nn2c(c1C(=O)O)CCC2. The van der Waals surface area contributed by atoms with Crippen molar-refractivity contribution in [3.05, 3.63) is 17.0 Å². The van der Waals surface area contributed by atoms with Gasteiger partial charge >= 0.3 is 5.97 Å². The summed E-state index contributed by atoms with van der Waals surface area (Å²) in [5.41, 5.74) is 1.47. The summed E-state index contributed by atoms with van der Waals surface area (Å²) in [5, 5.41) is 15.9. The van der Waals surface area contributed by atoms with Crippen molar-refractivity contribution in [2.75, 3.05) is 0 Å². The molecule has 0 fully saturated rings. The summed E-state index contributed by atoms with van der Waals surface area (Å²) >= 11 is 0. The molecule has 1 amide bonds. The first-order valence-corrected chi connectivity index (χ1v) is 5.16. The fraction of sp³-hybridized carbons (Fsp3) is 0.500. The molecule has 0 saturated heterocycles. The Morgan fingerprint density at radius 1 is 1.56 bits per heavy atom. The molecular weight excluding hydrogens is 210 g/mol. The molecule has 0 spiro atoms. The maximum Gasteiger partial charge on any atom is 0.339 e. The molecule has 1 aliphatic heterocycles. The number of carboxylic acids is 1. The summed E-state index contributed by atoms with van der Waals surface area (Å²) in [6, 6.07) is 0. The van der Waals surface area contributed by atoms with Gasteiger partial charge in [-0.3, -0.25) is 9.48 Å². The fourth-order valence-electron chi connectivity index (χ4n) is 1.97. The molecule has 1 aliphatic rings. The van der Waals surface area contributed by atoms with Crippen LogP contribution in [0.4, 0.5) is 0 Å². The van der Waals surface area contributed by atoms with Gasteiger partial charge in [-0.25, -0.2) is 4.79 Å². The predicted molar refractivity (Wildman–Crippen MR) is 55.0 cm³/mol. The first kappa shape index (κ1) is 10.7. The number of nitrogens with one attached hydrogen (secondary N) is 1. The van der Waals surface area contributed by atoms with Crippen LogP contribution in [0.15, 0.2) is 0 Å². The van der Waals surface area contributed by atoms with Gasteiger partial charge in [-0.05, 0) is 12.8 Å². The van der Waals surface area contributed by atoms with E-state index >= 15 is 0 Å². The third-order valence-electron chi connectivity index (χ3n) is 2.63. The lowest BCUT2D eigenvalue weighted by Gasteiger charge is -2.00. The highest BCUT2D eigenvalue weighted by Crippen LogP contribution is 2.22. The van der Waals surface area contributed by atoms with E-state index in [1.54, 1.807) is 4.68 Å². The van der Waals surface area contributed by atoms with E-state index in [4.69, 9.17) is 5.11 Å². The number of amides is 1. The standard InChI is InChI=1S/C10H13N3O3/c1-6(14)11-5-7-9(10(15)16)8-3-2-4-13(8)12-7/h2-5H2,1H3,(H,11,14)(H,15,16). The Balaban J connectivity index is 2.30. The molecule has 2 rings (SSSR count). The molecule has 0 aromatic carbocycles. The van der Waals surface area contributed by atoms with Crippen molar-refractivity contribution < 1.29 is 14.7 Å². The topological polar surface area (TPSA) is 84.2 Å². The molecule has 86 valence electrons. The summed E-state index contributed by atoms with van der Waals surface area (Å²) in [6.07, 6.45) is 1.68. The molecule has 0 radical (unpaired) electrons. The van der Waals surface area contributed by atoms with Crippen LogP contribution in [-0.4, -0.2) is 26.8 Å².